The van der Waals surface area contributed by atoms with E-state index in [1.54, 1.807) is 0 Å². The van der Waals surface area contributed by atoms with Crippen LogP contribution in [0.1, 0.15) is 52.4 Å². The van der Waals surface area contributed by atoms with Crippen LogP contribution in [0.3, 0.4) is 0 Å². The molecule has 4 bridgehead atoms. The van der Waals surface area contributed by atoms with Crippen LogP contribution in [0.2, 0.25) is 0 Å². The van der Waals surface area contributed by atoms with Gasteiger partial charge in [-0.2, -0.15) is 5.26 Å². The van der Waals surface area contributed by atoms with Crippen molar-refractivity contribution in [1.82, 2.24) is 0 Å². The summed E-state index contributed by atoms with van der Waals surface area (Å²) < 4.78 is 0. The molecule has 0 atom stereocenters. The van der Waals surface area contributed by atoms with Crippen molar-refractivity contribution in [3.63, 3.8) is 0 Å². The third kappa shape index (κ3) is 1.59. The molecule has 4 fully saturated rings. The van der Waals surface area contributed by atoms with E-state index in [1.807, 2.05) is 0 Å². The number of hydrogen-bond donors (Lipinski definition) is 0. The van der Waals surface area contributed by atoms with Gasteiger partial charge in [0.25, 0.3) is 0 Å². The maximum Gasteiger partial charge on any atom is 1.00 e. The molecule has 0 saturated heterocycles. The summed E-state index contributed by atoms with van der Waals surface area (Å²) in [6, 6.07) is 2.17. The minimum Gasteiger partial charge on any atom is -0.848 e. The summed E-state index contributed by atoms with van der Waals surface area (Å²) in [6.07, 6.45) is 5.84. The van der Waals surface area contributed by atoms with E-state index in [1.165, 1.54) is 6.42 Å². The normalized spacial score (nSPS) is 55.2. The van der Waals surface area contributed by atoms with Gasteiger partial charge in [-0.05, 0) is 54.8 Å². The molecule has 4 rings (SSSR count). The molecule has 2 nitrogen and oxygen atoms in total. The van der Waals surface area contributed by atoms with Gasteiger partial charge in [0.1, 0.15) is 0 Å². The smallest absolute Gasteiger partial charge is 0.848 e. The molecule has 4 aliphatic rings. The Hall–Kier alpha value is 0.450. The van der Waals surface area contributed by atoms with Crippen LogP contribution in [0.5, 0.6) is 0 Å². The van der Waals surface area contributed by atoms with Crippen molar-refractivity contribution in [1.29, 1.82) is 5.26 Å². The number of nitriles is 1. The van der Waals surface area contributed by atoms with E-state index in [0.717, 1.165) is 37.5 Å². The van der Waals surface area contributed by atoms with E-state index in [9.17, 15) is 5.11 Å². The van der Waals surface area contributed by atoms with Crippen molar-refractivity contribution in [3.8, 4) is 6.07 Å². The fraction of sp³-hybridized carbons (Fsp3) is 0.929. The predicted octanol–water partition coefficient (Wildman–Crippen LogP) is -0.761. The monoisotopic (exact) mass is 241 g/mol. The first-order valence-electron chi connectivity index (χ1n) is 6.50. The quantitative estimate of drug-likeness (QED) is 0.567. The van der Waals surface area contributed by atoms with Crippen molar-refractivity contribution in [2.24, 2.45) is 22.7 Å². The molecule has 0 spiro atoms. The molecule has 88 valence electrons. The molecule has 0 amide bonds. The second-order valence-corrected chi connectivity index (χ2v) is 7.07. The maximum absolute atomic E-state index is 13.3. The zero-order valence-electron chi connectivity index (χ0n) is 11.3. The molecule has 0 N–H and O–H groups in total. The zero-order chi connectivity index (χ0) is 11.6. The summed E-state index contributed by atoms with van der Waals surface area (Å²) in [7, 11) is 0. The zero-order valence-corrected chi connectivity index (χ0v) is 13.3. The Labute approximate surface area is 126 Å². The van der Waals surface area contributed by atoms with Crippen LogP contribution in [0, 0.1) is 34.0 Å². The maximum atomic E-state index is 13.3. The summed E-state index contributed by atoms with van der Waals surface area (Å²) in [5, 5.41) is 22.2. The summed E-state index contributed by atoms with van der Waals surface area (Å²) in [4.78, 5) is 0. The third-order valence-corrected chi connectivity index (χ3v) is 5.90. The van der Waals surface area contributed by atoms with E-state index >= 15 is 0 Å². The van der Waals surface area contributed by atoms with Crippen LogP contribution >= 0.6 is 0 Å². The Morgan fingerprint density at radius 1 is 1.12 bits per heavy atom. The average molecular weight is 241 g/mol. The average Bonchev–Trinajstić information content (AvgIpc) is 2.13. The molecule has 0 aromatic heterocycles. The second-order valence-electron chi connectivity index (χ2n) is 7.07. The first-order valence-corrected chi connectivity index (χ1v) is 6.50. The van der Waals surface area contributed by atoms with Crippen LogP contribution in [0.4, 0.5) is 0 Å². The Balaban J connectivity index is 0.00000108. The molecule has 0 unspecified atom stereocenters. The minimum absolute atomic E-state index is 0. The Kier molecular flexibility index (Phi) is 3.24. The van der Waals surface area contributed by atoms with Crippen LogP contribution in [-0.2, 0) is 0 Å². The molecule has 0 heterocycles. The fourth-order valence-electron chi connectivity index (χ4n) is 5.59. The molecule has 4 saturated carbocycles. The predicted molar refractivity (Wildman–Crippen MR) is 59.2 cm³/mol. The summed E-state index contributed by atoms with van der Waals surface area (Å²) in [5.41, 5.74) is -1.20. The Bertz CT molecular complexity index is 337. The van der Waals surface area contributed by atoms with Crippen LogP contribution < -0.4 is 34.7 Å². The van der Waals surface area contributed by atoms with Gasteiger partial charge in [0.2, 0.25) is 0 Å². The summed E-state index contributed by atoms with van der Waals surface area (Å²) in [5.74, 6) is 1.53. The van der Waals surface area contributed by atoms with Gasteiger partial charge in [0.15, 0.2) is 0 Å². The molecular weight excluding hydrogens is 221 g/mol. The van der Waals surface area contributed by atoms with Gasteiger partial charge in [-0.25, -0.2) is 0 Å². The van der Waals surface area contributed by atoms with Gasteiger partial charge < -0.3 is 5.11 Å². The van der Waals surface area contributed by atoms with Gasteiger partial charge in [0, 0.05) is 6.42 Å². The largest absolute Gasteiger partial charge is 1.00 e. The van der Waals surface area contributed by atoms with Crippen molar-refractivity contribution in [3.05, 3.63) is 0 Å². The van der Waals surface area contributed by atoms with Crippen LogP contribution in [0.25, 0.3) is 0 Å². The van der Waals surface area contributed by atoms with E-state index in [-0.39, 0.29) is 46.8 Å². The topological polar surface area (TPSA) is 46.8 Å². The van der Waals surface area contributed by atoms with Gasteiger partial charge in [-0.15, -0.1) is 0 Å². The van der Waals surface area contributed by atoms with Crippen molar-refractivity contribution in [2.75, 3.05) is 0 Å². The third-order valence-electron chi connectivity index (χ3n) is 5.90. The van der Waals surface area contributed by atoms with E-state index < -0.39 is 5.60 Å². The van der Waals surface area contributed by atoms with Gasteiger partial charge in [0.05, 0.1) is 6.07 Å². The minimum atomic E-state index is -0.984. The summed E-state index contributed by atoms with van der Waals surface area (Å²) in [6.45, 7) is 4.32. The van der Waals surface area contributed by atoms with Crippen molar-refractivity contribution in [2.45, 2.75) is 58.0 Å². The van der Waals surface area contributed by atoms with E-state index in [4.69, 9.17) is 5.26 Å². The standard InChI is InChI=1S/C14H20NO.Na/c1-12-6-10-5-11(7-12)9-13(2,8-10)14(12,16)3-4-15;/h10-11H,3,5-9H2,1-2H3;/q-1;+1. The van der Waals surface area contributed by atoms with Crippen molar-refractivity contribution >= 4 is 0 Å². The van der Waals surface area contributed by atoms with Crippen LogP contribution in [0.15, 0.2) is 0 Å². The summed E-state index contributed by atoms with van der Waals surface area (Å²) >= 11 is 0. The van der Waals surface area contributed by atoms with Gasteiger partial charge >= 0.3 is 29.6 Å². The molecule has 0 aromatic rings. The SMILES string of the molecule is CC12CC3CC(C1)CC(C)(C3)C2([O-])CC#N.[Na+]. The molecule has 3 heteroatoms. The fourth-order valence-corrected chi connectivity index (χ4v) is 5.59. The molecular formula is C14H20NNaO. The first-order chi connectivity index (χ1) is 7.42. The Morgan fingerprint density at radius 2 is 1.53 bits per heavy atom. The molecule has 17 heavy (non-hydrogen) atoms. The van der Waals surface area contributed by atoms with Gasteiger partial charge in [-0.3, -0.25) is 0 Å². The number of rotatable bonds is 1. The molecule has 4 aliphatic carbocycles. The first kappa shape index (κ1) is 13.9. The second kappa shape index (κ2) is 3.97. The Morgan fingerprint density at radius 3 is 1.88 bits per heavy atom. The number of hydrogen-bond acceptors (Lipinski definition) is 2. The van der Waals surface area contributed by atoms with E-state index in [0.29, 0.717) is 0 Å². The molecule has 0 aromatic carbocycles. The number of nitrogens with zero attached hydrogens (tertiary/aromatic N) is 1. The molecule has 0 radical (unpaired) electrons. The van der Waals surface area contributed by atoms with E-state index in [2.05, 4.69) is 19.9 Å². The molecule has 0 aliphatic heterocycles. The van der Waals surface area contributed by atoms with Crippen LogP contribution in [-0.4, -0.2) is 5.60 Å². The van der Waals surface area contributed by atoms with Gasteiger partial charge in [-0.1, -0.05) is 19.4 Å². The van der Waals surface area contributed by atoms with Crippen molar-refractivity contribution < 1.29 is 34.7 Å².